The predicted octanol–water partition coefficient (Wildman–Crippen LogP) is 1.92. The van der Waals surface area contributed by atoms with E-state index in [9.17, 15) is 18.8 Å². The van der Waals surface area contributed by atoms with E-state index < -0.39 is 18.0 Å². The van der Waals surface area contributed by atoms with Gasteiger partial charge in [0.1, 0.15) is 17.7 Å². The van der Waals surface area contributed by atoms with Crippen LogP contribution in [0.15, 0.2) is 42.6 Å². The van der Waals surface area contributed by atoms with Crippen LogP contribution in [0.3, 0.4) is 0 Å². The van der Waals surface area contributed by atoms with Gasteiger partial charge in [0.15, 0.2) is 0 Å². The number of rotatable bonds is 4. The standard InChI is InChI=1S/C23H26FN5O3/c1-26-21(30)20-18(10-14-7-8-27-19(25)11-14)22(31)29(20)23(32)28-9-3-5-16(13-28)15-4-2-6-17(24)12-15/h2,4,6-8,11-12,16,18,20H,3,5,9-10,13H2,1H3,(H2,25,27)(H,26,30)/t16?,18-,20+/m1/s1. The van der Waals surface area contributed by atoms with Crippen molar-refractivity contribution in [2.75, 3.05) is 25.9 Å². The van der Waals surface area contributed by atoms with Gasteiger partial charge in [-0.2, -0.15) is 0 Å². The van der Waals surface area contributed by atoms with Gasteiger partial charge < -0.3 is 16.0 Å². The van der Waals surface area contributed by atoms with E-state index in [-0.39, 0.29) is 23.5 Å². The number of urea groups is 1. The zero-order valence-electron chi connectivity index (χ0n) is 17.8. The molecule has 2 aliphatic rings. The number of pyridine rings is 1. The van der Waals surface area contributed by atoms with Gasteiger partial charge >= 0.3 is 6.03 Å². The van der Waals surface area contributed by atoms with Crippen LogP contribution in [0, 0.1) is 11.7 Å². The number of carbonyl (C=O) groups excluding carboxylic acids is 3. The molecule has 9 heteroatoms. The minimum absolute atomic E-state index is 0.0196. The van der Waals surface area contributed by atoms with Gasteiger partial charge in [0.25, 0.3) is 0 Å². The summed E-state index contributed by atoms with van der Waals surface area (Å²) in [6.07, 6.45) is 3.40. The minimum atomic E-state index is -0.885. The summed E-state index contributed by atoms with van der Waals surface area (Å²) in [5.41, 5.74) is 7.33. The number of benzene rings is 1. The highest BCUT2D eigenvalue weighted by Gasteiger charge is 2.55. The van der Waals surface area contributed by atoms with Gasteiger partial charge in [-0.3, -0.25) is 14.5 Å². The van der Waals surface area contributed by atoms with E-state index in [1.54, 1.807) is 29.3 Å². The zero-order chi connectivity index (χ0) is 22.8. The molecule has 2 aliphatic heterocycles. The van der Waals surface area contributed by atoms with Crippen molar-refractivity contribution in [3.05, 3.63) is 59.5 Å². The Morgan fingerprint density at radius 1 is 1.28 bits per heavy atom. The maximum atomic E-state index is 13.7. The Hall–Kier alpha value is -3.49. The summed E-state index contributed by atoms with van der Waals surface area (Å²) in [6.45, 7) is 0.860. The highest BCUT2D eigenvalue weighted by molar-refractivity contribution is 6.09. The fourth-order valence-electron chi connectivity index (χ4n) is 4.62. The summed E-state index contributed by atoms with van der Waals surface area (Å²) in [6, 6.07) is 8.41. The smallest absolute Gasteiger partial charge is 0.327 e. The van der Waals surface area contributed by atoms with Crippen LogP contribution in [0.1, 0.15) is 29.9 Å². The molecule has 1 aromatic heterocycles. The van der Waals surface area contributed by atoms with Crippen LogP contribution in [0.2, 0.25) is 0 Å². The van der Waals surface area contributed by atoms with Gasteiger partial charge in [0.05, 0.1) is 5.92 Å². The summed E-state index contributed by atoms with van der Waals surface area (Å²) in [5, 5.41) is 2.56. The molecule has 0 aliphatic carbocycles. The van der Waals surface area contributed by atoms with Crippen LogP contribution < -0.4 is 11.1 Å². The van der Waals surface area contributed by atoms with Crippen molar-refractivity contribution < 1.29 is 18.8 Å². The third-order valence-electron chi connectivity index (χ3n) is 6.25. The van der Waals surface area contributed by atoms with E-state index in [0.29, 0.717) is 25.3 Å². The summed E-state index contributed by atoms with van der Waals surface area (Å²) in [5.74, 6) is -1.42. The lowest BCUT2D eigenvalue weighted by Crippen LogP contribution is -2.70. The molecule has 3 heterocycles. The van der Waals surface area contributed by atoms with Crippen molar-refractivity contribution in [3.8, 4) is 0 Å². The average Bonchev–Trinajstić information content (AvgIpc) is 2.80. The molecule has 168 valence electrons. The lowest BCUT2D eigenvalue weighted by molar-refractivity contribution is -0.158. The highest BCUT2D eigenvalue weighted by Crippen LogP contribution is 2.34. The number of nitrogens with two attached hydrogens (primary N) is 1. The normalized spacial score (nSPS) is 22.9. The molecule has 2 aromatic rings. The largest absolute Gasteiger partial charge is 0.384 e. The number of nitrogen functional groups attached to an aromatic ring is 1. The van der Waals surface area contributed by atoms with Gasteiger partial charge in [-0.25, -0.2) is 14.2 Å². The molecule has 4 amide bonds. The van der Waals surface area contributed by atoms with Crippen molar-refractivity contribution in [2.45, 2.75) is 31.2 Å². The minimum Gasteiger partial charge on any atom is -0.384 e. The van der Waals surface area contributed by atoms with Crippen LogP contribution in [-0.4, -0.2) is 58.8 Å². The van der Waals surface area contributed by atoms with Gasteiger partial charge in [-0.05, 0) is 54.7 Å². The van der Waals surface area contributed by atoms with E-state index in [1.807, 2.05) is 6.07 Å². The molecule has 8 nitrogen and oxygen atoms in total. The number of halogens is 1. The van der Waals surface area contributed by atoms with E-state index in [1.165, 1.54) is 19.2 Å². The summed E-state index contributed by atoms with van der Waals surface area (Å²) in [7, 11) is 1.48. The van der Waals surface area contributed by atoms with Gasteiger partial charge in [-0.15, -0.1) is 0 Å². The topological polar surface area (TPSA) is 109 Å². The number of likely N-dealkylation sites (tertiary alicyclic amines) is 2. The molecule has 0 spiro atoms. The van der Waals surface area contributed by atoms with Crippen molar-refractivity contribution in [3.63, 3.8) is 0 Å². The van der Waals surface area contributed by atoms with Gasteiger partial charge in [-0.1, -0.05) is 12.1 Å². The maximum Gasteiger partial charge on any atom is 0.327 e. The molecule has 0 radical (unpaired) electrons. The molecule has 1 aromatic carbocycles. The maximum absolute atomic E-state index is 13.7. The summed E-state index contributed by atoms with van der Waals surface area (Å²) >= 11 is 0. The van der Waals surface area contributed by atoms with Gasteiger partial charge in [0, 0.05) is 32.3 Å². The Labute approximate surface area is 185 Å². The Morgan fingerprint density at radius 3 is 2.81 bits per heavy atom. The molecule has 32 heavy (non-hydrogen) atoms. The second kappa shape index (κ2) is 8.94. The molecular formula is C23H26FN5O3. The monoisotopic (exact) mass is 439 g/mol. The average molecular weight is 439 g/mol. The fourth-order valence-corrected chi connectivity index (χ4v) is 4.62. The number of hydrogen-bond acceptors (Lipinski definition) is 5. The number of hydrogen-bond donors (Lipinski definition) is 2. The Bertz CT molecular complexity index is 1050. The first kappa shape index (κ1) is 21.7. The number of imide groups is 1. The quantitative estimate of drug-likeness (QED) is 0.708. The van der Waals surface area contributed by atoms with Crippen LogP contribution >= 0.6 is 0 Å². The van der Waals surface area contributed by atoms with Crippen LogP contribution in [0.4, 0.5) is 15.0 Å². The second-order valence-corrected chi connectivity index (χ2v) is 8.29. The molecule has 2 saturated heterocycles. The number of aromatic nitrogens is 1. The summed E-state index contributed by atoms with van der Waals surface area (Å²) < 4.78 is 13.7. The molecule has 2 fully saturated rings. The van der Waals surface area contributed by atoms with Gasteiger partial charge in [0.2, 0.25) is 11.8 Å². The lowest BCUT2D eigenvalue weighted by atomic mass is 9.82. The number of anilines is 1. The number of piperidine rings is 1. The first-order chi connectivity index (χ1) is 15.4. The van der Waals surface area contributed by atoms with Crippen LogP contribution in [0.5, 0.6) is 0 Å². The fraction of sp³-hybridized carbons (Fsp3) is 0.391. The molecular weight excluding hydrogens is 413 g/mol. The predicted molar refractivity (Wildman–Crippen MR) is 116 cm³/mol. The second-order valence-electron chi connectivity index (χ2n) is 8.29. The summed E-state index contributed by atoms with van der Waals surface area (Å²) in [4.78, 5) is 45.4. The van der Waals surface area contributed by atoms with Crippen molar-refractivity contribution in [1.29, 1.82) is 0 Å². The number of nitrogens with one attached hydrogen (secondary N) is 1. The van der Waals surface area contributed by atoms with Crippen molar-refractivity contribution in [2.24, 2.45) is 5.92 Å². The third-order valence-corrected chi connectivity index (χ3v) is 6.25. The Kier molecular flexibility index (Phi) is 6.07. The number of carbonyl (C=O) groups is 3. The van der Waals surface area contributed by atoms with E-state index >= 15 is 0 Å². The van der Waals surface area contributed by atoms with Crippen LogP contribution in [-0.2, 0) is 16.0 Å². The van der Waals surface area contributed by atoms with Crippen molar-refractivity contribution >= 4 is 23.7 Å². The first-order valence-corrected chi connectivity index (χ1v) is 10.7. The third kappa shape index (κ3) is 4.15. The molecule has 3 N–H and O–H groups in total. The number of nitrogens with zero attached hydrogens (tertiary/aromatic N) is 3. The molecule has 4 rings (SSSR count). The lowest BCUT2D eigenvalue weighted by Gasteiger charge is -2.47. The first-order valence-electron chi connectivity index (χ1n) is 10.7. The Balaban J connectivity index is 1.50. The highest BCUT2D eigenvalue weighted by atomic mass is 19.1. The van der Waals surface area contributed by atoms with E-state index in [4.69, 9.17) is 5.73 Å². The molecule has 1 unspecified atom stereocenters. The zero-order valence-corrected chi connectivity index (χ0v) is 17.8. The van der Waals surface area contributed by atoms with E-state index in [0.717, 1.165) is 28.9 Å². The van der Waals surface area contributed by atoms with Crippen LogP contribution in [0.25, 0.3) is 0 Å². The van der Waals surface area contributed by atoms with E-state index in [2.05, 4.69) is 10.3 Å². The SMILES string of the molecule is CNC(=O)[C@@H]1[C@@H](Cc2ccnc(N)c2)C(=O)N1C(=O)N1CCCC(c2cccc(F)c2)C1. The molecule has 0 saturated carbocycles. The molecule has 3 atom stereocenters. The molecule has 0 bridgehead atoms. The van der Waals surface area contributed by atoms with Crippen molar-refractivity contribution in [1.82, 2.24) is 20.1 Å². The number of amides is 4. The number of β-lactam (4-membered cyclic amide) rings is 1. The Morgan fingerprint density at radius 2 is 2.09 bits per heavy atom. The number of likely N-dealkylation sites (N-methyl/N-ethyl adjacent to an activating group) is 1.